The van der Waals surface area contributed by atoms with Gasteiger partial charge in [-0.05, 0) is 37.0 Å². The van der Waals surface area contributed by atoms with Gasteiger partial charge >= 0.3 is 0 Å². The monoisotopic (exact) mass is 367 g/mol. The summed E-state index contributed by atoms with van der Waals surface area (Å²) < 4.78 is 5.98. The van der Waals surface area contributed by atoms with Crippen LogP contribution in [0.2, 0.25) is 0 Å². The maximum atomic E-state index is 5.98. The van der Waals surface area contributed by atoms with Crippen LogP contribution in [0.15, 0.2) is 47.5 Å². The Bertz CT molecular complexity index is 771. The van der Waals surface area contributed by atoms with Crippen LogP contribution in [-0.2, 0) is 13.1 Å². The molecule has 1 aliphatic carbocycles. The number of guanidine groups is 1. The van der Waals surface area contributed by atoms with Crippen LogP contribution < -0.4 is 20.3 Å². The molecule has 2 aromatic rings. The van der Waals surface area contributed by atoms with Gasteiger partial charge in [-0.3, -0.25) is 4.99 Å². The van der Waals surface area contributed by atoms with Gasteiger partial charge in [-0.2, -0.15) is 0 Å². The molecular weight excluding hydrogens is 338 g/mol. The first-order valence-corrected chi connectivity index (χ1v) is 9.44. The second-order valence-electron chi connectivity index (χ2n) is 7.02. The van der Waals surface area contributed by atoms with E-state index in [1.54, 1.807) is 7.05 Å². The highest BCUT2D eigenvalue weighted by molar-refractivity contribution is 5.79. The van der Waals surface area contributed by atoms with Gasteiger partial charge in [0.1, 0.15) is 11.6 Å². The van der Waals surface area contributed by atoms with E-state index in [9.17, 15) is 0 Å². The Labute approximate surface area is 161 Å². The zero-order valence-corrected chi connectivity index (χ0v) is 16.4. The first kappa shape index (κ1) is 19.0. The molecule has 0 atom stereocenters. The summed E-state index contributed by atoms with van der Waals surface area (Å²) in [5.74, 6) is 3.38. The predicted octanol–water partition coefficient (Wildman–Crippen LogP) is 2.80. The molecule has 1 fully saturated rings. The minimum Gasteiger partial charge on any atom is -0.493 e. The fourth-order valence-electron chi connectivity index (χ4n) is 2.67. The van der Waals surface area contributed by atoms with Crippen molar-refractivity contribution in [1.29, 1.82) is 0 Å². The summed E-state index contributed by atoms with van der Waals surface area (Å²) in [5, 5.41) is 6.68. The van der Waals surface area contributed by atoms with Crippen molar-refractivity contribution in [3.63, 3.8) is 0 Å². The lowest BCUT2D eigenvalue weighted by molar-refractivity contribution is 0.296. The van der Waals surface area contributed by atoms with Crippen molar-refractivity contribution in [3.8, 4) is 5.75 Å². The van der Waals surface area contributed by atoms with Gasteiger partial charge < -0.3 is 20.3 Å². The van der Waals surface area contributed by atoms with Crippen molar-refractivity contribution in [2.45, 2.75) is 25.9 Å². The van der Waals surface area contributed by atoms with Crippen LogP contribution in [0.4, 0.5) is 5.82 Å². The third-order valence-electron chi connectivity index (χ3n) is 4.50. The number of aliphatic imine (C=N–C) groups is 1. The Morgan fingerprint density at radius 3 is 2.63 bits per heavy atom. The van der Waals surface area contributed by atoms with Crippen LogP contribution in [-0.4, -0.2) is 38.7 Å². The molecule has 1 aromatic heterocycles. The number of hydrogen-bond acceptors (Lipinski definition) is 4. The van der Waals surface area contributed by atoms with Gasteiger partial charge in [0.15, 0.2) is 5.96 Å². The summed E-state index contributed by atoms with van der Waals surface area (Å²) in [6.45, 7) is 2.09. The molecule has 0 bridgehead atoms. The molecule has 0 saturated heterocycles. The highest BCUT2D eigenvalue weighted by Crippen LogP contribution is 2.30. The van der Waals surface area contributed by atoms with E-state index in [0.29, 0.717) is 13.1 Å². The molecule has 1 saturated carbocycles. The Hall–Kier alpha value is -2.76. The van der Waals surface area contributed by atoms with Crippen molar-refractivity contribution >= 4 is 11.8 Å². The lowest BCUT2D eigenvalue weighted by Crippen LogP contribution is -2.36. The first-order chi connectivity index (χ1) is 13.2. The highest BCUT2D eigenvalue weighted by Gasteiger charge is 2.22. The molecule has 0 unspecified atom stereocenters. The van der Waals surface area contributed by atoms with E-state index in [1.807, 2.05) is 55.4 Å². The van der Waals surface area contributed by atoms with Crippen LogP contribution in [0.1, 0.15) is 24.1 Å². The van der Waals surface area contributed by atoms with Crippen LogP contribution >= 0.6 is 0 Å². The summed E-state index contributed by atoms with van der Waals surface area (Å²) in [6.07, 6.45) is 2.58. The average molecular weight is 367 g/mol. The second-order valence-corrected chi connectivity index (χ2v) is 7.02. The minimum atomic E-state index is 0.612. The molecule has 6 heteroatoms. The number of rotatable bonds is 8. The van der Waals surface area contributed by atoms with E-state index in [2.05, 4.69) is 26.7 Å². The van der Waals surface area contributed by atoms with Crippen molar-refractivity contribution in [3.05, 3.63) is 53.7 Å². The maximum absolute atomic E-state index is 5.98. The molecule has 1 aromatic carbocycles. The average Bonchev–Trinajstić information content (AvgIpc) is 3.52. The van der Waals surface area contributed by atoms with E-state index in [4.69, 9.17) is 4.74 Å². The molecule has 0 amide bonds. The summed E-state index contributed by atoms with van der Waals surface area (Å²) in [4.78, 5) is 10.9. The number of nitrogens with zero attached hydrogens (tertiary/aromatic N) is 3. The number of anilines is 1. The number of ether oxygens (including phenoxy) is 1. The third-order valence-corrected chi connectivity index (χ3v) is 4.50. The van der Waals surface area contributed by atoms with Crippen LogP contribution in [0.5, 0.6) is 5.75 Å². The molecule has 0 radical (unpaired) electrons. The third kappa shape index (κ3) is 5.88. The minimum absolute atomic E-state index is 0.612. The number of aromatic nitrogens is 1. The predicted molar refractivity (Wildman–Crippen MR) is 110 cm³/mol. The zero-order chi connectivity index (χ0) is 19.1. The molecule has 1 heterocycles. The molecule has 1 aliphatic rings. The molecule has 3 rings (SSSR count). The summed E-state index contributed by atoms with van der Waals surface area (Å²) in [7, 11) is 5.75. The maximum Gasteiger partial charge on any atom is 0.191 e. The molecule has 144 valence electrons. The Balaban J connectivity index is 1.53. The number of para-hydroxylation sites is 1. The first-order valence-electron chi connectivity index (χ1n) is 9.44. The normalized spacial score (nSPS) is 14.0. The number of pyridine rings is 1. The number of hydrogen-bond donors (Lipinski definition) is 2. The van der Waals surface area contributed by atoms with Crippen molar-refractivity contribution < 1.29 is 4.74 Å². The fourth-order valence-corrected chi connectivity index (χ4v) is 2.67. The van der Waals surface area contributed by atoms with Gasteiger partial charge in [-0.25, -0.2) is 4.98 Å². The topological polar surface area (TPSA) is 61.8 Å². The molecule has 2 N–H and O–H groups in total. The Morgan fingerprint density at radius 1 is 1.11 bits per heavy atom. The molecule has 0 spiro atoms. The van der Waals surface area contributed by atoms with Gasteiger partial charge in [0, 0.05) is 33.3 Å². The molecule has 6 nitrogen and oxygen atoms in total. The SMILES string of the molecule is CN=C(NCc1cccc(N(C)C)n1)NCc1ccccc1OCC1CC1. The van der Waals surface area contributed by atoms with Gasteiger partial charge in [-0.1, -0.05) is 24.3 Å². The van der Waals surface area contributed by atoms with E-state index in [-0.39, 0.29) is 0 Å². The van der Waals surface area contributed by atoms with Crippen molar-refractivity contribution in [2.24, 2.45) is 10.9 Å². The molecule has 27 heavy (non-hydrogen) atoms. The Kier molecular flexibility index (Phi) is 6.52. The van der Waals surface area contributed by atoms with E-state index < -0.39 is 0 Å². The zero-order valence-electron chi connectivity index (χ0n) is 16.4. The lowest BCUT2D eigenvalue weighted by atomic mass is 10.2. The van der Waals surface area contributed by atoms with E-state index >= 15 is 0 Å². The fraction of sp³-hybridized carbons (Fsp3) is 0.429. The van der Waals surface area contributed by atoms with Crippen LogP contribution in [0.3, 0.4) is 0 Å². The second kappa shape index (κ2) is 9.26. The van der Waals surface area contributed by atoms with Gasteiger partial charge in [0.2, 0.25) is 0 Å². The van der Waals surface area contributed by atoms with Crippen LogP contribution in [0.25, 0.3) is 0 Å². The molecular formula is C21H29N5O. The Morgan fingerprint density at radius 2 is 1.89 bits per heavy atom. The van der Waals surface area contributed by atoms with Gasteiger partial charge in [0.25, 0.3) is 0 Å². The number of benzene rings is 1. The number of nitrogens with one attached hydrogen (secondary N) is 2. The lowest BCUT2D eigenvalue weighted by Gasteiger charge is -2.15. The van der Waals surface area contributed by atoms with Gasteiger partial charge in [0.05, 0.1) is 18.8 Å². The summed E-state index contributed by atoms with van der Waals surface area (Å²) in [6, 6.07) is 14.2. The van der Waals surface area contributed by atoms with E-state index in [1.165, 1.54) is 12.8 Å². The molecule has 0 aliphatic heterocycles. The standard InChI is InChI=1S/C21H29N5O/c1-22-21(24-14-18-8-6-10-20(25-18)26(2)3)23-13-17-7-4-5-9-19(17)27-15-16-11-12-16/h4-10,16H,11-15H2,1-3H3,(H2,22,23,24). The van der Waals surface area contributed by atoms with Crippen molar-refractivity contribution in [2.75, 3.05) is 32.6 Å². The van der Waals surface area contributed by atoms with Crippen LogP contribution in [0, 0.1) is 5.92 Å². The smallest absolute Gasteiger partial charge is 0.191 e. The van der Waals surface area contributed by atoms with E-state index in [0.717, 1.165) is 41.3 Å². The quantitative estimate of drug-likeness (QED) is 0.555. The summed E-state index contributed by atoms with van der Waals surface area (Å²) in [5.41, 5.74) is 2.10. The summed E-state index contributed by atoms with van der Waals surface area (Å²) >= 11 is 0. The van der Waals surface area contributed by atoms with Crippen molar-refractivity contribution in [1.82, 2.24) is 15.6 Å². The van der Waals surface area contributed by atoms with Gasteiger partial charge in [-0.15, -0.1) is 0 Å². The highest BCUT2D eigenvalue weighted by atomic mass is 16.5. The largest absolute Gasteiger partial charge is 0.493 e.